The van der Waals surface area contributed by atoms with Crippen LogP contribution in [0.25, 0.3) is 0 Å². The topological polar surface area (TPSA) is 59.1 Å². The molecule has 106 valence electrons. The highest BCUT2D eigenvalue weighted by atomic mass is 35.5. The largest absolute Gasteiger partial charge is 0.263 e. The summed E-state index contributed by atoms with van der Waals surface area (Å²) in [7, 11) is -3.85. The molecule has 0 saturated heterocycles. The van der Waals surface area contributed by atoms with Crippen LogP contribution in [0.5, 0.6) is 0 Å². The molecule has 1 N–H and O–H groups in total. The second kappa shape index (κ2) is 5.38. The number of nitrogens with zero attached hydrogens (tertiary/aromatic N) is 1. The number of aromatic nitrogens is 1. The van der Waals surface area contributed by atoms with Crippen molar-refractivity contribution >= 4 is 27.4 Å². The molecule has 0 bridgehead atoms. The molecule has 2 rings (SSSR count). The Morgan fingerprint density at radius 2 is 1.80 bits per heavy atom. The SMILES string of the molecule is Cc1cc(F)cc(C)c1S(=O)(=O)Nc1cccc(Cl)n1. The maximum atomic E-state index is 13.2. The third-order valence-corrected chi connectivity index (χ3v) is 4.52. The molecule has 1 heterocycles. The third kappa shape index (κ3) is 3.08. The number of anilines is 1. The Morgan fingerprint density at radius 1 is 1.20 bits per heavy atom. The lowest BCUT2D eigenvalue weighted by molar-refractivity contribution is 0.597. The molecule has 7 heteroatoms. The second-order valence-electron chi connectivity index (χ2n) is 4.32. The number of benzene rings is 1. The molecule has 0 amide bonds. The molecule has 2 aromatic rings. The van der Waals surface area contributed by atoms with Crippen LogP contribution in [-0.2, 0) is 10.0 Å². The molecule has 1 aromatic heterocycles. The highest BCUT2D eigenvalue weighted by Gasteiger charge is 2.21. The number of sulfonamides is 1. The van der Waals surface area contributed by atoms with Gasteiger partial charge in [-0.15, -0.1) is 0 Å². The molecule has 0 unspecified atom stereocenters. The molecule has 0 spiro atoms. The summed E-state index contributed by atoms with van der Waals surface area (Å²) < 4.78 is 40.3. The van der Waals surface area contributed by atoms with Crippen molar-refractivity contribution in [3.8, 4) is 0 Å². The molecule has 20 heavy (non-hydrogen) atoms. The highest BCUT2D eigenvalue weighted by Crippen LogP contribution is 2.23. The van der Waals surface area contributed by atoms with Gasteiger partial charge in [0.2, 0.25) is 0 Å². The van der Waals surface area contributed by atoms with E-state index in [1.807, 2.05) is 0 Å². The first kappa shape index (κ1) is 14.7. The van der Waals surface area contributed by atoms with Crippen molar-refractivity contribution in [3.05, 3.63) is 52.4 Å². The highest BCUT2D eigenvalue weighted by molar-refractivity contribution is 7.92. The van der Waals surface area contributed by atoms with Gasteiger partial charge in [0.1, 0.15) is 16.8 Å². The Balaban J connectivity index is 2.46. The van der Waals surface area contributed by atoms with E-state index in [1.54, 1.807) is 6.07 Å². The van der Waals surface area contributed by atoms with Gasteiger partial charge in [-0.05, 0) is 49.2 Å². The Bertz CT molecular complexity index is 740. The van der Waals surface area contributed by atoms with Crippen LogP contribution in [0.2, 0.25) is 5.15 Å². The Kier molecular flexibility index (Phi) is 3.96. The van der Waals surface area contributed by atoms with E-state index in [2.05, 4.69) is 9.71 Å². The van der Waals surface area contributed by atoms with Gasteiger partial charge in [-0.25, -0.2) is 17.8 Å². The number of pyridine rings is 1. The molecule has 0 aliphatic heterocycles. The Labute approximate surface area is 121 Å². The Hall–Kier alpha value is -1.66. The number of nitrogens with one attached hydrogen (secondary N) is 1. The number of hydrogen-bond acceptors (Lipinski definition) is 3. The molecule has 0 radical (unpaired) electrons. The summed E-state index contributed by atoms with van der Waals surface area (Å²) >= 11 is 5.71. The fraction of sp³-hybridized carbons (Fsp3) is 0.154. The lowest BCUT2D eigenvalue weighted by Crippen LogP contribution is -2.16. The zero-order chi connectivity index (χ0) is 14.9. The van der Waals surface area contributed by atoms with Crippen molar-refractivity contribution in [3.63, 3.8) is 0 Å². The van der Waals surface area contributed by atoms with Crippen LogP contribution in [0, 0.1) is 19.7 Å². The maximum absolute atomic E-state index is 13.2. The predicted octanol–water partition coefficient (Wildman–Crippen LogP) is 3.29. The fourth-order valence-electron chi connectivity index (χ4n) is 1.98. The normalized spacial score (nSPS) is 11.4. The van der Waals surface area contributed by atoms with Crippen molar-refractivity contribution in [1.29, 1.82) is 0 Å². The van der Waals surface area contributed by atoms with Crippen molar-refractivity contribution < 1.29 is 12.8 Å². The van der Waals surface area contributed by atoms with E-state index in [9.17, 15) is 12.8 Å². The lowest BCUT2D eigenvalue weighted by Gasteiger charge is -2.12. The van der Waals surface area contributed by atoms with Gasteiger partial charge in [0.05, 0.1) is 4.90 Å². The minimum absolute atomic E-state index is 0.0423. The van der Waals surface area contributed by atoms with Crippen molar-refractivity contribution in [2.24, 2.45) is 0 Å². The molecule has 0 aliphatic carbocycles. The summed E-state index contributed by atoms with van der Waals surface area (Å²) in [6.45, 7) is 3.08. The van der Waals surface area contributed by atoms with E-state index in [-0.39, 0.29) is 15.9 Å². The van der Waals surface area contributed by atoms with Crippen molar-refractivity contribution in [2.75, 3.05) is 4.72 Å². The monoisotopic (exact) mass is 314 g/mol. The van der Waals surface area contributed by atoms with Crippen molar-refractivity contribution in [2.45, 2.75) is 18.7 Å². The molecule has 0 aliphatic rings. The van der Waals surface area contributed by atoms with Gasteiger partial charge in [0, 0.05) is 0 Å². The third-order valence-electron chi connectivity index (χ3n) is 2.65. The standard InChI is InChI=1S/C13H12ClFN2O2S/c1-8-6-10(15)7-9(2)13(8)20(18,19)17-12-5-3-4-11(14)16-12/h3-7H,1-2H3,(H,16,17). The zero-order valence-corrected chi connectivity index (χ0v) is 12.4. The number of hydrogen-bond donors (Lipinski definition) is 1. The summed E-state index contributed by atoms with van der Waals surface area (Å²) in [6.07, 6.45) is 0. The van der Waals surface area contributed by atoms with Crippen LogP contribution in [0.15, 0.2) is 35.2 Å². The minimum Gasteiger partial charge on any atom is -0.263 e. The van der Waals surface area contributed by atoms with E-state index >= 15 is 0 Å². The van der Waals surface area contributed by atoms with Crippen LogP contribution < -0.4 is 4.72 Å². The van der Waals surface area contributed by atoms with Gasteiger partial charge < -0.3 is 0 Å². The maximum Gasteiger partial charge on any atom is 0.263 e. The second-order valence-corrected chi connectivity index (χ2v) is 6.33. The van der Waals surface area contributed by atoms with E-state index < -0.39 is 15.8 Å². The van der Waals surface area contributed by atoms with Crippen LogP contribution in [-0.4, -0.2) is 13.4 Å². The van der Waals surface area contributed by atoms with Gasteiger partial charge in [0.25, 0.3) is 10.0 Å². The quantitative estimate of drug-likeness (QED) is 0.884. The zero-order valence-electron chi connectivity index (χ0n) is 10.8. The number of aryl methyl sites for hydroxylation is 2. The average molecular weight is 315 g/mol. The smallest absolute Gasteiger partial charge is 0.263 e. The minimum atomic E-state index is -3.85. The van der Waals surface area contributed by atoms with Gasteiger partial charge in [-0.2, -0.15) is 0 Å². The van der Waals surface area contributed by atoms with E-state index in [0.29, 0.717) is 11.1 Å². The summed E-state index contributed by atoms with van der Waals surface area (Å²) in [5, 5.41) is 0.178. The molecular formula is C13H12ClFN2O2S. The van der Waals surface area contributed by atoms with E-state index in [0.717, 1.165) is 0 Å². The van der Waals surface area contributed by atoms with Gasteiger partial charge >= 0.3 is 0 Å². The van der Waals surface area contributed by atoms with Crippen LogP contribution in [0.1, 0.15) is 11.1 Å². The number of rotatable bonds is 3. The van der Waals surface area contributed by atoms with Gasteiger partial charge in [-0.1, -0.05) is 17.7 Å². The summed E-state index contributed by atoms with van der Waals surface area (Å²) in [5.41, 5.74) is 0.661. The van der Waals surface area contributed by atoms with E-state index in [1.165, 1.54) is 38.1 Å². The lowest BCUT2D eigenvalue weighted by atomic mass is 10.1. The first-order valence-corrected chi connectivity index (χ1v) is 7.58. The van der Waals surface area contributed by atoms with Gasteiger partial charge in [-0.3, -0.25) is 4.72 Å². The number of halogens is 2. The molecule has 4 nitrogen and oxygen atoms in total. The van der Waals surface area contributed by atoms with Gasteiger partial charge in [0.15, 0.2) is 0 Å². The van der Waals surface area contributed by atoms with Crippen LogP contribution in [0.4, 0.5) is 10.2 Å². The van der Waals surface area contributed by atoms with Crippen molar-refractivity contribution in [1.82, 2.24) is 4.98 Å². The molecule has 0 atom stereocenters. The first-order chi connectivity index (χ1) is 9.29. The molecule has 0 fully saturated rings. The summed E-state index contributed by atoms with van der Waals surface area (Å²) in [6, 6.07) is 6.95. The Morgan fingerprint density at radius 3 is 2.35 bits per heavy atom. The predicted molar refractivity (Wildman–Crippen MR) is 75.9 cm³/mol. The summed E-state index contributed by atoms with van der Waals surface area (Å²) in [5.74, 6) is -0.361. The summed E-state index contributed by atoms with van der Waals surface area (Å²) in [4.78, 5) is 3.90. The average Bonchev–Trinajstić information content (AvgIpc) is 2.25. The molecule has 1 aromatic carbocycles. The first-order valence-electron chi connectivity index (χ1n) is 5.72. The van der Waals surface area contributed by atoms with Crippen LogP contribution >= 0.6 is 11.6 Å². The van der Waals surface area contributed by atoms with Crippen LogP contribution in [0.3, 0.4) is 0 Å². The van der Waals surface area contributed by atoms with E-state index in [4.69, 9.17) is 11.6 Å². The molecular weight excluding hydrogens is 303 g/mol. The fourth-order valence-corrected chi connectivity index (χ4v) is 3.60. The molecule has 0 saturated carbocycles.